The van der Waals surface area contributed by atoms with Crippen LogP contribution in [0.1, 0.15) is 42.7 Å². The zero-order valence-electron chi connectivity index (χ0n) is 12.0. The minimum Gasteiger partial charge on any atom is -0.490 e. The van der Waals surface area contributed by atoms with Crippen molar-refractivity contribution in [3.63, 3.8) is 0 Å². The van der Waals surface area contributed by atoms with E-state index >= 15 is 0 Å². The van der Waals surface area contributed by atoms with Crippen molar-refractivity contribution in [1.82, 2.24) is 0 Å². The molecule has 1 aromatic carbocycles. The first-order valence-electron chi connectivity index (χ1n) is 7.38. The van der Waals surface area contributed by atoms with Crippen LogP contribution in [0.15, 0.2) is 10.5 Å². The first-order chi connectivity index (χ1) is 10.1. The average molecular weight is 355 g/mol. The Bertz CT molecular complexity index is 566. The molecular formula is C16H19BrO4. The fourth-order valence-corrected chi connectivity index (χ4v) is 3.89. The van der Waals surface area contributed by atoms with Gasteiger partial charge in [-0.3, -0.25) is 4.79 Å². The molecule has 114 valence electrons. The van der Waals surface area contributed by atoms with E-state index in [1.165, 1.54) is 0 Å². The average Bonchev–Trinajstić information content (AvgIpc) is 3.24. The molecule has 1 aliphatic carbocycles. The van der Waals surface area contributed by atoms with Crippen LogP contribution >= 0.6 is 15.9 Å². The molecular weight excluding hydrogens is 336 g/mol. The number of aliphatic carboxylic acids is 1. The summed E-state index contributed by atoms with van der Waals surface area (Å²) in [5, 5.41) is 9.22. The van der Waals surface area contributed by atoms with Gasteiger partial charge in [0.05, 0.1) is 19.6 Å². The Hall–Kier alpha value is -1.23. The fourth-order valence-electron chi connectivity index (χ4n) is 3.09. The third kappa shape index (κ3) is 3.03. The van der Waals surface area contributed by atoms with Crippen LogP contribution in [0.2, 0.25) is 0 Å². The van der Waals surface area contributed by atoms with E-state index in [0.717, 1.165) is 46.4 Å². The number of benzene rings is 1. The smallest absolute Gasteiger partial charge is 0.303 e. The quantitative estimate of drug-likeness (QED) is 0.890. The molecule has 21 heavy (non-hydrogen) atoms. The first-order valence-corrected chi connectivity index (χ1v) is 8.17. The van der Waals surface area contributed by atoms with E-state index in [-0.39, 0.29) is 12.3 Å². The van der Waals surface area contributed by atoms with E-state index in [9.17, 15) is 9.90 Å². The topological polar surface area (TPSA) is 55.8 Å². The van der Waals surface area contributed by atoms with Crippen LogP contribution in [0.5, 0.6) is 11.5 Å². The highest BCUT2D eigenvalue weighted by molar-refractivity contribution is 9.10. The molecule has 0 spiro atoms. The summed E-state index contributed by atoms with van der Waals surface area (Å²) < 4.78 is 12.5. The number of carboxylic acids is 1. The normalized spacial score (nSPS) is 19.0. The molecule has 3 rings (SSSR count). The molecule has 1 fully saturated rings. The van der Waals surface area contributed by atoms with Crippen molar-refractivity contribution in [1.29, 1.82) is 0 Å². The molecule has 0 aromatic heterocycles. The van der Waals surface area contributed by atoms with Gasteiger partial charge >= 0.3 is 5.97 Å². The standard InChI is InChI=1S/C16H19BrO4/c1-9-15(11(7-14(18)19)10-3-4-10)12(17)8-13-16(9)21-6-2-5-20-13/h8,10-11H,2-7H2,1H3,(H,18,19). The number of carboxylic acid groups (broad SMARTS) is 1. The Labute approximate surface area is 132 Å². The number of hydrogen-bond acceptors (Lipinski definition) is 3. The summed E-state index contributed by atoms with van der Waals surface area (Å²) in [6, 6.07) is 1.93. The Balaban J connectivity index is 2.04. The van der Waals surface area contributed by atoms with Gasteiger partial charge in [-0.15, -0.1) is 0 Å². The fraction of sp³-hybridized carbons (Fsp3) is 0.562. The van der Waals surface area contributed by atoms with Crippen LogP contribution in [-0.4, -0.2) is 24.3 Å². The lowest BCUT2D eigenvalue weighted by Crippen LogP contribution is -2.11. The molecule has 2 aliphatic rings. The summed E-state index contributed by atoms with van der Waals surface area (Å²) in [6.45, 7) is 3.30. The molecule has 1 atom stereocenters. The lowest BCUT2D eigenvalue weighted by atomic mass is 9.87. The van der Waals surface area contributed by atoms with E-state index in [1.54, 1.807) is 0 Å². The SMILES string of the molecule is Cc1c2c(cc(Br)c1C(CC(=O)O)C1CC1)OCCCO2. The van der Waals surface area contributed by atoms with E-state index in [2.05, 4.69) is 15.9 Å². The van der Waals surface area contributed by atoms with Crippen molar-refractivity contribution in [2.24, 2.45) is 5.92 Å². The summed E-state index contributed by atoms with van der Waals surface area (Å²) in [5.74, 6) is 1.31. The zero-order chi connectivity index (χ0) is 15.0. The van der Waals surface area contributed by atoms with Crippen molar-refractivity contribution < 1.29 is 19.4 Å². The monoisotopic (exact) mass is 354 g/mol. The second kappa shape index (κ2) is 5.87. The van der Waals surface area contributed by atoms with Crippen LogP contribution in [0.3, 0.4) is 0 Å². The highest BCUT2D eigenvalue weighted by Gasteiger charge is 2.37. The van der Waals surface area contributed by atoms with E-state index in [0.29, 0.717) is 19.1 Å². The Morgan fingerprint density at radius 1 is 1.43 bits per heavy atom. The first kappa shape index (κ1) is 14.7. The number of fused-ring (bicyclic) bond motifs is 1. The van der Waals surface area contributed by atoms with Gasteiger partial charge in [0.2, 0.25) is 0 Å². The van der Waals surface area contributed by atoms with Crippen LogP contribution in [-0.2, 0) is 4.79 Å². The van der Waals surface area contributed by atoms with Crippen molar-refractivity contribution >= 4 is 21.9 Å². The molecule has 0 amide bonds. The molecule has 0 bridgehead atoms. The van der Waals surface area contributed by atoms with Crippen molar-refractivity contribution in [3.05, 3.63) is 21.7 Å². The predicted octanol–water partition coefficient (Wildman–Crippen LogP) is 3.89. The summed E-state index contributed by atoms with van der Waals surface area (Å²) in [5.41, 5.74) is 2.09. The molecule has 1 saturated carbocycles. The minimum atomic E-state index is -0.745. The Kier molecular flexibility index (Phi) is 4.11. The molecule has 1 unspecified atom stereocenters. The number of halogens is 1. The van der Waals surface area contributed by atoms with Crippen molar-refractivity contribution in [3.8, 4) is 11.5 Å². The van der Waals surface area contributed by atoms with Crippen molar-refractivity contribution in [2.75, 3.05) is 13.2 Å². The third-order valence-corrected chi connectivity index (χ3v) is 4.89. The maximum absolute atomic E-state index is 11.2. The van der Waals surface area contributed by atoms with Gasteiger partial charge in [-0.05, 0) is 48.8 Å². The van der Waals surface area contributed by atoms with E-state index < -0.39 is 5.97 Å². The van der Waals surface area contributed by atoms with Gasteiger partial charge in [0.1, 0.15) is 0 Å². The van der Waals surface area contributed by atoms with Crippen LogP contribution in [0, 0.1) is 12.8 Å². The van der Waals surface area contributed by atoms with E-state index in [4.69, 9.17) is 9.47 Å². The Morgan fingerprint density at radius 2 is 2.14 bits per heavy atom. The maximum Gasteiger partial charge on any atom is 0.303 e. The van der Waals surface area contributed by atoms with Crippen LogP contribution < -0.4 is 9.47 Å². The Morgan fingerprint density at radius 3 is 2.81 bits per heavy atom. The molecule has 1 aliphatic heterocycles. The molecule has 1 N–H and O–H groups in total. The molecule has 1 aromatic rings. The van der Waals surface area contributed by atoms with Gasteiger partial charge < -0.3 is 14.6 Å². The predicted molar refractivity (Wildman–Crippen MR) is 82.2 cm³/mol. The number of carbonyl (C=O) groups is 1. The number of ether oxygens (including phenoxy) is 2. The summed E-state index contributed by atoms with van der Waals surface area (Å²) >= 11 is 3.61. The highest BCUT2D eigenvalue weighted by atomic mass is 79.9. The number of hydrogen-bond donors (Lipinski definition) is 1. The maximum atomic E-state index is 11.2. The molecule has 1 heterocycles. The zero-order valence-corrected chi connectivity index (χ0v) is 13.6. The van der Waals surface area contributed by atoms with Crippen molar-refractivity contribution in [2.45, 2.75) is 38.5 Å². The summed E-state index contributed by atoms with van der Waals surface area (Å²) in [4.78, 5) is 11.2. The van der Waals surface area contributed by atoms with Gasteiger partial charge in [0, 0.05) is 10.9 Å². The van der Waals surface area contributed by atoms with Crippen LogP contribution in [0.25, 0.3) is 0 Å². The van der Waals surface area contributed by atoms with Gasteiger partial charge in [-0.25, -0.2) is 0 Å². The van der Waals surface area contributed by atoms with Gasteiger partial charge in [-0.1, -0.05) is 15.9 Å². The summed E-state index contributed by atoms with van der Waals surface area (Å²) in [6.07, 6.45) is 3.25. The van der Waals surface area contributed by atoms with Gasteiger partial charge in [0.15, 0.2) is 11.5 Å². The lowest BCUT2D eigenvalue weighted by Gasteiger charge is -2.22. The second-order valence-electron chi connectivity index (χ2n) is 5.82. The molecule has 5 heteroatoms. The minimum absolute atomic E-state index is 0.0500. The van der Waals surface area contributed by atoms with Crippen LogP contribution in [0.4, 0.5) is 0 Å². The number of rotatable bonds is 4. The van der Waals surface area contributed by atoms with Gasteiger partial charge in [-0.2, -0.15) is 0 Å². The van der Waals surface area contributed by atoms with Gasteiger partial charge in [0.25, 0.3) is 0 Å². The lowest BCUT2D eigenvalue weighted by molar-refractivity contribution is -0.137. The molecule has 4 nitrogen and oxygen atoms in total. The van der Waals surface area contributed by atoms with E-state index in [1.807, 2.05) is 13.0 Å². The largest absolute Gasteiger partial charge is 0.490 e. The molecule has 0 radical (unpaired) electrons. The summed E-state index contributed by atoms with van der Waals surface area (Å²) in [7, 11) is 0. The third-order valence-electron chi connectivity index (χ3n) is 4.23. The second-order valence-corrected chi connectivity index (χ2v) is 6.67. The molecule has 0 saturated heterocycles. The highest BCUT2D eigenvalue weighted by Crippen LogP contribution is 2.50.